The zero-order valence-electron chi connectivity index (χ0n) is 13.5. The lowest BCUT2D eigenvalue weighted by molar-refractivity contribution is -0.123. The van der Waals surface area contributed by atoms with E-state index in [0.717, 1.165) is 12.0 Å². The van der Waals surface area contributed by atoms with Crippen LogP contribution in [0.15, 0.2) is 47.1 Å². The van der Waals surface area contributed by atoms with Crippen molar-refractivity contribution in [3.63, 3.8) is 0 Å². The lowest BCUT2D eigenvalue weighted by Gasteiger charge is -2.14. The third-order valence-corrected chi connectivity index (χ3v) is 3.41. The molecule has 0 aliphatic carbocycles. The van der Waals surface area contributed by atoms with Crippen LogP contribution in [-0.4, -0.2) is 23.8 Å². The number of nitrogens with one attached hydrogen (secondary N) is 3. The first-order valence-corrected chi connectivity index (χ1v) is 7.54. The summed E-state index contributed by atoms with van der Waals surface area (Å²) < 4.78 is 4.94. The molecule has 7 nitrogen and oxygen atoms in total. The van der Waals surface area contributed by atoms with Crippen molar-refractivity contribution in [2.75, 3.05) is 0 Å². The second-order valence-corrected chi connectivity index (χ2v) is 5.17. The Morgan fingerprint density at radius 2 is 1.75 bits per heavy atom. The fourth-order valence-electron chi connectivity index (χ4n) is 1.93. The van der Waals surface area contributed by atoms with Crippen LogP contribution in [0.25, 0.3) is 0 Å². The smallest absolute Gasteiger partial charge is 0.287 e. The summed E-state index contributed by atoms with van der Waals surface area (Å²) in [6.45, 7) is 3.52. The lowest BCUT2D eigenvalue weighted by atomic mass is 10.1. The fraction of sp³-hybridized carbons (Fsp3) is 0.235. The number of aryl methyl sites for hydroxylation is 1. The predicted octanol–water partition coefficient (Wildman–Crippen LogP) is 1.42. The molecule has 0 saturated heterocycles. The predicted molar refractivity (Wildman–Crippen MR) is 87.1 cm³/mol. The summed E-state index contributed by atoms with van der Waals surface area (Å²) in [5.74, 6) is -1.39. The van der Waals surface area contributed by atoms with Crippen molar-refractivity contribution in [2.24, 2.45) is 0 Å². The Hall–Kier alpha value is -3.09. The first-order valence-electron chi connectivity index (χ1n) is 7.54. The molecule has 0 aliphatic rings. The average Bonchev–Trinajstić information content (AvgIpc) is 3.14. The highest BCUT2D eigenvalue weighted by Gasteiger charge is 2.18. The Labute approximate surface area is 139 Å². The van der Waals surface area contributed by atoms with Crippen molar-refractivity contribution in [3.05, 3.63) is 59.5 Å². The molecule has 3 amide bonds. The third kappa shape index (κ3) is 4.45. The summed E-state index contributed by atoms with van der Waals surface area (Å²) in [5.41, 5.74) is 6.13. The van der Waals surface area contributed by atoms with Gasteiger partial charge >= 0.3 is 0 Å². The van der Waals surface area contributed by atoms with Gasteiger partial charge in [0.25, 0.3) is 17.7 Å². The summed E-state index contributed by atoms with van der Waals surface area (Å²) in [5, 5.41) is 2.46. The summed E-state index contributed by atoms with van der Waals surface area (Å²) in [6, 6.07) is 9.28. The minimum Gasteiger partial charge on any atom is -0.459 e. The minimum atomic E-state index is -0.842. The second-order valence-electron chi connectivity index (χ2n) is 5.17. The van der Waals surface area contributed by atoms with E-state index in [4.69, 9.17) is 4.42 Å². The minimum absolute atomic E-state index is 0.106. The Balaban J connectivity index is 1.82. The van der Waals surface area contributed by atoms with Gasteiger partial charge in [-0.1, -0.05) is 19.1 Å². The molecule has 0 radical (unpaired) electrons. The van der Waals surface area contributed by atoms with E-state index < -0.39 is 23.8 Å². The molecule has 7 heteroatoms. The van der Waals surface area contributed by atoms with Gasteiger partial charge in [0.1, 0.15) is 6.04 Å². The van der Waals surface area contributed by atoms with Gasteiger partial charge in [0.05, 0.1) is 6.26 Å². The van der Waals surface area contributed by atoms with Crippen LogP contribution < -0.4 is 16.2 Å². The van der Waals surface area contributed by atoms with Gasteiger partial charge in [-0.05, 0) is 43.2 Å². The number of rotatable bonds is 5. The van der Waals surface area contributed by atoms with Gasteiger partial charge in [0, 0.05) is 5.56 Å². The van der Waals surface area contributed by atoms with Crippen LogP contribution in [0.2, 0.25) is 0 Å². The monoisotopic (exact) mass is 329 g/mol. The molecule has 3 N–H and O–H groups in total. The van der Waals surface area contributed by atoms with Gasteiger partial charge in [-0.25, -0.2) is 0 Å². The average molecular weight is 329 g/mol. The molecular weight excluding hydrogens is 310 g/mol. The van der Waals surface area contributed by atoms with Crippen LogP contribution in [0.1, 0.15) is 40.3 Å². The highest BCUT2D eigenvalue weighted by Crippen LogP contribution is 2.04. The maximum atomic E-state index is 12.0. The van der Waals surface area contributed by atoms with Crippen LogP contribution in [0.4, 0.5) is 0 Å². The highest BCUT2D eigenvalue weighted by molar-refractivity contribution is 5.97. The zero-order chi connectivity index (χ0) is 17.5. The molecule has 0 fully saturated rings. The van der Waals surface area contributed by atoms with Gasteiger partial charge < -0.3 is 9.73 Å². The van der Waals surface area contributed by atoms with E-state index in [0.29, 0.717) is 5.56 Å². The maximum absolute atomic E-state index is 12.0. The number of furan rings is 1. The Morgan fingerprint density at radius 1 is 1.04 bits per heavy atom. The molecule has 0 unspecified atom stereocenters. The first-order chi connectivity index (χ1) is 11.5. The molecule has 126 valence electrons. The molecule has 24 heavy (non-hydrogen) atoms. The van der Waals surface area contributed by atoms with Crippen molar-refractivity contribution in [1.82, 2.24) is 16.2 Å². The van der Waals surface area contributed by atoms with Crippen molar-refractivity contribution >= 4 is 17.7 Å². The standard InChI is InChI=1S/C17H19N3O4/c1-3-12-6-8-13(9-7-12)16(22)20-19-15(21)11(2)18-17(23)14-5-4-10-24-14/h4-11H,3H2,1-2H3,(H,18,23)(H,19,21)(H,20,22)/t11-/m0/s1. The van der Waals surface area contributed by atoms with Gasteiger partial charge in [0.2, 0.25) is 0 Å². The summed E-state index contributed by atoms with van der Waals surface area (Å²) in [7, 11) is 0. The molecule has 2 rings (SSSR count). The van der Waals surface area contributed by atoms with E-state index in [-0.39, 0.29) is 5.76 Å². The number of hydrazine groups is 1. The van der Waals surface area contributed by atoms with E-state index in [2.05, 4.69) is 16.2 Å². The summed E-state index contributed by atoms with van der Waals surface area (Å²) in [4.78, 5) is 35.6. The molecule has 0 saturated carbocycles. The van der Waals surface area contributed by atoms with E-state index in [1.807, 2.05) is 19.1 Å². The van der Waals surface area contributed by atoms with Gasteiger partial charge in [-0.3, -0.25) is 25.2 Å². The second kappa shape index (κ2) is 7.96. The first kappa shape index (κ1) is 17.3. The molecular formula is C17H19N3O4. The lowest BCUT2D eigenvalue weighted by Crippen LogP contribution is -2.51. The largest absolute Gasteiger partial charge is 0.459 e. The molecule has 0 bridgehead atoms. The fourth-order valence-corrected chi connectivity index (χ4v) is 1.93. The molecule has 1 aromatic heterocycles. The number of hydrogen-bond donors (Lipinski definition) is 3. The maximum Gasteiger partial charge on any atom is 0.287 e. The number of carbonyl (C=O) groups is 3. The van der Waals surface area contributed by atoms with E-state index in [1.165, 1.54) is 19.3 Å². The molecule has 0 spiro atoms. The molecule has 1 heterocycles. The number of carbonyl (C=O) groups excluding carboxylic acids is 3. The van der Waals surface area contributed by atoms with Crippen LogP contribution in [-0.2, 0) is 11.2 Å². The van der Waals surface area contributed by atoms with Crippen molar-refractivity contribution in [3.8, 4) is 0 Å². The van der Waals surface area contributed by atoms with Gasteiger partial charge in [-0.2, -0.15) is 0 Å². The Morgan fingerprint density at radius 3 is 2.33 bits per heavy atom. The molecule has 0 aliphatic heterocycles. The van der Waals surface area contributed by atoms with E-state index >= 15 is 0 Å². The van der Waals surface area contributed by atoms with Crippen molar-refractivity contribution < 1.29 is 18.8 Å². The Bertz CT molecular complexity index is 708. The van der Waals surface area contributed by atoms with Gasteiger partial charge in [-0.15, -0.1) is 0 Å². The topological polar surface area (TPSA) is 100 Å². The third-order valence-electron chi connectivity index (χ3n) is 3.41. The zero-order valence-corrected chi connectivity index (χ0v) is 13.5. The summed E-state index contributed by atoms with van der Waals surface area (Å²) >= 11 is 0. The number of hydrogen-bond acceptors (Lipinski definition) is 4. The van der Waals surface area contributed by atoms with Crippen LogP contribution >= 0.6 is 0 Å². The Kier molecular flexibility index (Phi) is 5.73. The SMILES string of the molecule is CCc1ccc(C(=O)NNC(=O)[C@H](C)NC(=O)c2ccco2)cc1. The van der Waals surface area contributed by atoms with Crippen LogP contribution in [0.3, 0.4) is 0 Å². The number of benzene rings is 1. The van der Waals surface area contributed by atoms with E-state index in [1.54, 1.807) is 18.2 Å². The van der Waals surface area contributed by atoms with Crippen LogP contribution in [0.5, 0.6) is 0 Å². The molecule has 1 atom stereocenters. The van der Waals surface area contributed by atoms with E-state index in [9.17, 15) is 14.4 Å². The summed E-state index contributed by atoms with van der Waals surface area (Å²) in [6.07, 6.45) is 2.25. The van der Waals surface area contributed by atoms with Gasteiger partial charge in [0.15, 0.2) is 5.76 Å². The van der Waals surface area contributed by atoms with Crippen molar-refractivity contribution in [1.29, 1.82) is 0 Å². The molecule has 2 aromatic rings. The number of amides is 3. The molecule has 1 aromatic carbocycles. The normalized spacial score (nSPS) is 11.4. The quantitative estimate of drug-likeness (QED) is 0.722. The van der Waals surface area contributed by atoms with Crippen molar-refractivity contribution in [2.45, 2.75) is 26.3 Å². The highest BCUT2D eigenvalue weighted by atomic mass is 16.3. The van der Waals surface area contributed by atoms with Crippen LogP contribution in [0, 0.1) is 0 Å².